The van der Waals surface area contributed by atoms with Gasteiger partial charge in [-0.3, -0.25) is 19.6 Å². The number of hydrogen-bond acceptors (Lipinski definition) is 7. The van der Waals surface area contributed by atoms with Crippen LogP contribution in [0.4, 0.5) is 8.78 Å². The van der Waals surface area contributed by atoms with E-state index in [9.17, 15) is 18.4 Å². The van der Waals surface area contributed by atoms with Crippen LogP contribution in [0, 0.1) is 82.6 Å². The van der Waals surface area contributed by atoms with Gasteiger partial charge in [0, 0.05) is 35.4 Å². The van der Waals surface area contributed by atoms with E-state index in [2.05, 4.69) is 48.1 Å². The number of ether oxygens (including phenoxy) is 2. The highest BCUT2D eigenvalue weighted by Gasteiger charge is 2.55. The van der Waals surface area contributed by atoms with Crippen LogP contribution in [-0.2, 0) is 19.1 Å². The normalized spacial score (nSPS) is 34.2. The van der Waals surface area contributed by atoms with Gasteiger partial charge in [0.05, 0.1) is 23.2 Å². The molecule has 4 aromatic rings. The predicted octanol–water partition coefficient (Wildman–Crippen LogP) is 11.6. The number of carbonyl (C=O) groups excluding carboxylic acids is 2. The van der Waals surface area contributed by atoms with Crippen molar-refractivity contribution in [3.8, 4) is 22.3 Å². The Morgan fingerprint density at radius 3 is 1.52 bits per heavy atom. The number of rotatable bonds is 8. The minimum Gasteiger partial charge on any atom is -0.462 e. The zero-order chi connectivity index (χ0) is 44.5. The van der Waals surface area contributed by atoms with E-state index in [-0.39, 0.29) is 59.5 Å². The van der Waals surface area contributed by atoms with Gasteiger partial charge in [-0.2, -0.15) is 0 Å². The number of hydrogen-bond donors (Lipinski definition) is 1. The van der Waals surface area contributed by atoms with Crippen LogP contribution in [0.3, 0.4) is 0 Å². The molecule has 336 valence electrons. The minimum absolute atomic E-state index is 0.000682. The predicted molar refractivity (Wildman–Crippen MR) is 247 cm³/mol. The number of halogens is 2. The third-order valence-corrected chi connectivity index (χ3v) is 16.3. The second-order valence-corrected chi connectivity index (χ2v) is 19.8. The van der Waals surface area contributed by atoms with Crippen LogP contribution in [0.15, 0.2) is 97.3 Å². The van der Waals surface area contributed by atoms with Crippen molar-refractivity contribution in [2.45, 2.75) is 90.8 Å². The van der Waals surface area contributed by atoms with Crippen molar-refractivity contribution in [2.75, 3.05) is 6.54 Å². The molecule has 0 unspecified atom stereocenters. The van der Waals surface area contributed by atoms with Crippen molar-refractivity contribution in [2.24, 2.45) is 76.7 Å². The number of nitrogens with two attached hydrogens (primary N) is 1. The molecule has 64 heavy (non-hydrogen) atoms. The zero-order valence-electron chi connectivity index (χ0n) is 37.4. The fourth-order valence-electron chi connectivity index (χ4n) is 13.1. The number of fused-ring (bicyclic) bond motifs is 4. The van der Waals surface area contributed by atoms with Gasteiger partial charge in [0.1, 0.15) is 23.8 Å². The molecule has 14 atom stereocenters. The maximum atomic E-state index is 13.5. The topological polar surface area (TPSA) is 104 Å². The zero-order valence-corrected chi connectivity index (χ0v) is 37.4. The standard InChI is InChI=1S/C28H32FNO2.C27H31FN2O2/c1-3-18-7-11-24-21(13-18)15-26-27(17(2)32-28(26)31)25(24)12-10-23-9-8-20(16-30-23)19-5-4-6-22(29)14-19;1-16-26-24(23-9-5-17(14-29)11-20(23)13-25(26)27(31)32-16)10-8-22-7-6-19(15-30-22)18-3-2-4-21(28)12-18/h4-6,8-10,12,14,16-18,21,24-27H,3,7,11,13,15H2,1-2H3;2-4,6-8,10,12,15-17,20,23-26H,5,9,11,13-14,29H2,1H3/b12-10+;10-8+/t17-,18-,21+,24-,25+,26-,27+;16-,17-,20+,23-,24+,25-,26+/m11/s1. The van der Waals surface area contributed by atoms with Crippen molar-refractivity contribution in [1.82, 2.24) is 9.97 Å². The second kappa shape index (κ2) is 19.2. The Bertz CT molecular complexity index is 2170. The van der Waals surface area contributed by atoms with Crippen LogP contribution in [0.25, 0.3) is 34.4 Å². The molecule has 4 heterocycles. The number of nitrogens with zero attached hydrogens (tertiary/aromatic N) is 2. The summed E-state index contributed by atoms with van der Waals surface area (Å²) in [7, 11) is 0. The van der Waals surface area contributed by atoms with Gasteiger partial charge in [-0.05, 0) is 172 Å². The largest absolute Gasteiger partial charge is 0.462 e. The Labute approximate surface area is 377 Å². The van der Waals surface area contributed by atoms with Crippen LogP contribution in [0.2, 0.25) is 0 Å². The SMILES string of the molecule is CC[C@@H]1CC[C@@H]2[C@@H](C1)C[C@H]1C(=O)O[C@H](C)[C@H]1[C@H]2/C=C/c1ccc(-c2cccc(F)c2)cn1.C[C@H]1OC(=O)[C@@H]2C[C@@H]3C[C@H](CN)CC[C@H]3[C@H](/C=C/c3ccc(-c4cccc(F)c4)cn3)[C@H]12. The lowest BCUT2D eigenvalue weighted by Crippen LogP contribution is -2.44. The number of cyclic esters (lactones) is 2. The van der Waals surface area contributed by atoms with E-state index in [1.165, 1.54) is 56.4 Å². The highest BCUT2D eigenvalue weighted by molar-refractivity contribution is 5.76. The molecule has 0 bridgehead atoms. The molecular formula is C55H63F2N3O4. The first kappa shape index (κ1) is 44.2. The van der Waals surface area contributed by atoms with E-state index in [4.69, 9.17) is 15.2 Å². The second-order valence-electron chi connectivity index (χ2n) is 19.8. The third-order valence-electron chi connectivity index (χ3n) is 16.3. The molecule has 0 spiro atoms. The minimum atomic E-state index is -0.250. The molecule has 2 aromatic heterocycles. The molecule has 6 fully saturated rings. The lowest BCUT2D eigenvalue weighted by molar-refractivity contribution is -0.145. The summed E-state index contributed by atoms with van der Waals surface area (Å²) in [5.74, 6) is 4.42. The Hall–Kier alpha value is -5.02. The molecule has 10 rings (SSSR count). The van der Waals surface area contributed by atoms with Gasteiger partial charge >= 0.3 is 11.9 Å². The number of esters is 2. The van der Waals surface area contributed by atoms with E-state index in [0.29, 0.717) is 41.4 Å². The first-order valence-electron chi connectivity index (χ1n) is 24.0. The van der Waals surface area contributed by atoms with Crippen molar-refractivity contribution < 1.29 is 27.8 Å². The highest BCUT2D eigenvalue weighted by atomic mass is 19.1. The molecule has 6 aliphatic rings. The Kier molecular flexibility index (Phi) is 13.3. The average Bonchev–Trinajstić information content (AvgIpc) is 3.77. The first-order chi connectivity index (χ1) is 31.1. The van der Waals surface area contributed by atoms with Crippen molar-refractivity contribution in [1.29, 1.82) is 0 Å². The van der Waals surface area contributed by atoms with Crippen LogP contribution < -0.4 is 5.73 Å². The summed E-state index contributed by atoms with van der Waals surface area (Å²) >= 11 is 0. The van der Waals surface area contributed by atoms with E-state index in [0.717, 1.165) is 71.8 Å². The molecule has 4 saturated carbocycles. The molecule has 2 aliphatic heterocycles. The van der Waals surface area contributed by atoms with Gasteiger partial charge in [0.25, 0.3) is 0 Å². The fourth-order valence-corrected chi connectivity index (χ4v) is 13.1. The van der Waals surface area contributed by atoms with Gasteiger partial charge in [0.15, 0.2) is 0 Å². The Morgan fingerprint density at radius 1 is 0.625 bits per heavy atom. The molecule has 0 radical (unpaired) electrons. The molecule has 4 aliphatic carbocycles. The van der Waals surface area contributed by atoms with Gasteiger partial charge in [-0.1, -0.05) is 68.3 Å². The number of allylic oxidation sites excluding steroid dienone is 2. The summed E-state index contributed by atoms with van der Waals surface area (Å²) in [5.41, 5.74) is 11.2. The first-order valence-corrected chi connectivity index (χ1v) is 24.0. The molecule has 2 N–H and O–H groups in total. The third kappa shape index (κ3) is 9.24. The Morgan fingerprint density at radius 2 is 1.09 bits per heavy atom. The number of benzene rings is 2. The van der Waals surface area contributed by atoms with Crippen molar-refractivity contribution in [3.63, 3.8) is 0 Å². The summed E-state index contributed by atoms with van der Waals surface area (Å²) in [6.45, 7) is 7.13. The summed E-state index contributed by atoms with van der Waals surface area (Å²) in [5, 5.41) is 0. The van der Waals surface area contributed by atoms with Crippen LogP contribution in [0.1, 0.15) is 89.9 Å². The number of aromatic nitrogens is 2. The van der Waals surface area contributed by atoms with Crippen LogP contribution in [-0.4, -0.2) is 40.7 Å². The van der Waals surface area contributed by atoms with E-state index < -0.39 is 0 Å². The number of pyridine rings is 2. The maximum absolute atomic E-state index is 13.5. The lowest BCUT2D eigenvalue weighted by atomic mass is 9.56. The van der Waals surface area contributed by atoms with Gasteiger partial charge in [-0.15, -0.1) is 0 Å². The van der Waals surface area contributed by atoms with Crippen LogP contribution >= 0.6 is 0 Å². The molecule has 7 nitrogen and oxygen atoms in total. The van der Waals surface area contributed by atoms with E-state index in [1.807, 2.05) is 43.3 Å². The van der Waals surface area contributed by atoms with Gasteiger partial charge in [-0.25, -0.2) is 8.78 Å². The van der Waals surface area contributed by atoms with E-state index >= 15 is 0 Å². The molecule has 0 amide bonds. The molecule has 2 saturated heterocycles. The quantitative estimate of drug-likeness (QED) is 0.176. The molecule has 2 aromatic carbocycles. The molecule has 9 heteroatoms. The van der Waals surface area contributed by atoms with Gasteiger partial charge in [0.2, 0.25) is 0 Å². The molecular weight excluding hydrogens is 805 g/mol. The Balaban J connectivity index is 0.000000162. The average molecular weight is 868 g/mol. The van der Waals surface area contributed by atoms with Crippen molar-refractivity contribution >= 4 is 24.1 Å². The maximum Gasteiger partial charge on any atom is 0.309 e. The highest BCUT2D eigenvalue weighted by Crippen LogP contribution is 2.56. The lowest BCUT2D eigenvalue weighted by Gasteiger charge is -2.47. The summed E-state index contributed by atoms with van der Waals surface area (Å²) in [4.78, 5) is 34.3. The fraction of sp³-hybridized carbons (Fsp3) is 0.491. The summed E-state index contributed by atoms with van der Waals surface area (Å²) in [6, 6.07) is 21.1. The summed E-state index contributed by atoms with van der Waals surface area (Å²) < 4.78 is 38.5. The summed E-state index contributed by atoms with van der Waals surface area (Å²) in [6.07, 6.45) is 22.7. The van der Waals surface area contributed by atoms with E-state index in [1.54, 1.807) is 24.5 Å². The van der Waals surface area contributed by atoms with Crippen LogP contribution in [0.5, 0.6) is 0 Å². The number of carbonyl (C=O) groups is 2. The van der Waals surface area contributed by atoms with Crippen molar-refractivity contribution in [3.05, 3.63) is 120 Å². The van der Waals surface area contributed by atoms with Gasteiger partial charge < -0.3 is 15.2 Å². The smallest absolute Gasteiger partial charge is 0.309 e. The monoisotopic (exact) mass is 867 g/mol.